The van der Waals surface area contributed by atoms with Crippen LogP contribution in [0.5, 0.6) is 0 Å². The van der Waals surface area contributed by atoms with E-state index in [1.54, 1.807) is 18.0 Å². The zero-order valence-corrected chi connectivity index (χ0v) is 16.7. The Hall–Kier alpha value is -2.64. The van der Waals surface area contributed by atoms with Gasteiger partial charge in [-0.05, 0) is 38.3 Å². The number of ether oxygens (including phenoxy) is 1. The lowest BCUT2D eigenvalue weighted by atomic mass is 10.1. The van der Waals surface area contributed by atoms with Crippen molar-refractivity contribution in [2.24, 2.45) is 0 Å². The first-order valence-corrected chi connectivity index (χ1v) is 10.1. The second-order valence-corrected chi connectivity index (χ2v) is 7.05. The third kappa shape index (κ3) is 4.79. The van der Waals surface area contributed by atoms with Gasteiger partial charge >= 0.3 is 6.09 Å². The number of amides is 2. The monoisotopic (exact) mass is 387 g/mol. The topological polar surface area (TPSA) is 89.4 Å². The van der Waals surface area contributed by atoms with Crippen LogP contribution in [0, 0.1) is 0 Å². The Kier molecular flexibility index (Phi) is 6.84. The molecule has 0 aromatic carbocycles. The molecule has 0 radical (unpaired) electrons. The number of nitrogens with zero attached hydrogens (tertiary/aromatic N) is 4. The molecule has 3 heterocycles. The van der Waals surface area contributed by atoms with Gasteiger partial charge in [0.05, 0.1) is 6.61 Å². The number of carbonyl (C=O) groups is 2. The molecule has 0 spiro atoms. The predicted octanol–water partition coefficient (Wildman–Crippen LogP) is 2.51. The summed E-state index contributed by atoms with van der Waals surface area (Å²) in [6, 6.07) is 3.94. The summed E-state index contributed by atoms with van der Waals surface area (Å²) in [5.74, 6) is 0.931. The fourth-order valence-corrected chi connectivity index (χ4v) is 3.60. The maximum absolute atomic E-state index is 12.4. The highest BCUT2D eigenvalue weighted by atomic mass is 16.6. The molecule has 0 bridgehead atoms. The Bertz CT molecular complexity index is 811. The van der Waals surface area contributed by atoms with Crippen LogP contribution >= 0.6 is 0 Å². The molecule has 1 fully saturated rings. The zero-order valence-electron chi connectivity index (χ0n) is 16.7. The highest BCUT2D eigenvalue weighted by Gasteiger charge is 2.24. The molecule has 1 aliphatic heterocycles. The number of nitrogens with one attached hydrogen (secondary N) is 1. The van der Waals surface area contributed by atoms with Crippen LogP contribution in [0.3, 0.4) is 0 Å². The first kappa shape index (κ1) is 20.1. The van der Waals surface area contributed by atoms with Gasteiger partial charge in [0, 0.05) is 44.7 Å². The van der Waals surface area contributed by atoms with Gasteiger partial charge in [0.25, 0.3) is 0 Å². The first-order valence-electron chi connectivity index (χ1n) is 10.1. The van der Waals surface area contributed by atoms with Crippen LogP contribution in [-0.4, -0.2) is 57.2 Å². The van der Waals surface area contributed by atoms with Crippen molar-refractivity contribution in [1.82, 2.24) is 24.8 Å². The molecule has 1 N–H and O–H groups in total. The van der Waals surface area contributed by atoms with Crippen molar-refractivity contribution >= 4 is 23.2 Å². The standard InChI is InChI=1S/C20H29N5O3/c1-3-12-25-17(23-16-6-5-11-21-19(16)25)7-8-18(26)22-15-9-13-24(14-10-15)20(27)28-4-2/h5-6,11,15H,3-4,7-10,12-14H2,1-2H3,(H,22,26). The molecule has 2 amide bonds. The van der Waals surface area contributed by atoms with Gasteiger partial charge < -0.3 is 19.5 Å². The van der Waals surface area contributed by atoms with Gasteiger partial charge in [-0.1, -0.05) is 6.92 Å². The fourth-order valence-electron chi connectivity index (χ4n) is 3.60. The normalized spacial score (nSPS) is 15.0. The van der Waals surface area contributed by atoms with Gasteiger partial charge in [-0.3, -0.25) is 4.79 Å². The molecule has 8 heteroatoms. The van der Waals surface area contributed by atoms with Gasteiger partial charge in [-0.2, -0.15) is 0 Å². The number of rotatable bonds is 7. The van der Waals surface area contributed by atoms with E-state index in [-0.39, 0.29) is 18.0 Å². The Labute approximate surface area is 165 Å². The summed E-state index contributed by atoms with van der Waals surface area (Å²) in [6.45, 7) is 6.37. The molecule has 0 atom stereocenters. The molecule has 28 heavy (non-hydrogen) atoms. The molecule has 8 nitrogen and oxygen atoms in total. The number of piperidine rings is 1. The van der Waals surface area contributed by atoms with Gasteiger partial charge in [0.1, 0.15) is 11.3 Å². The van der Waals surface area contributed by atoms with Crippen molar-refractivity contribution < 1.29 is 14.3 Å². The summed E-state index contributed by atoms with van der Waals surface area (Å²) in [6.07, 6.45) is 4.98. The van der Waals surface area contributed by atoms with Gasteiger partial charge in [-0.25, -0.2) is 14.8 Å². The van der Waals surface area contributed by atoms with E-state index < -0.39 is 0 Å². The number of aromatic nitrogens is 3. The Morgan fingerprint density at radius 2 is 2.07 bits per heavy atom. The largest absolute Gasteiger partial charge is 0.450 e. The average molecular weight is 387 g/mol. The van der Waals surface area contributed by atoms with Crippen LogP contribution in [0.4, 0.5) is 4.79 Å². The lowest BCUT2D eigenvalue weighted by Gasteiger charge is -2.31. The molecule has 1 saturated heterocycles. The molecule has 1 aliphatic rings. The molecular weight excluding hydrogens is 358 g/mol. The van der Waals surface area contributed by atoms with E-state index in [1.807, 2.05) is 12.1 Å². The molecule has 3 rings (SSSR count). The smallest absolute Gasteiger partial charge is 0.409 e. The summed E-state index contributed by atoms with van der Waals surface area (Å²) >= 11 is 0. The fraction of sp³-hybridized carbons (Fsp3) is 0.600. The SMILES string of the molecule is CCCn1c(CCC(=O)NC2CCN(C(=O)OCC)CC2)nc2cccnc21. The highest BCUT2D eigenvalue weighted by molar-refractivity contribution is 5.77. The molecule has 0 unspecified atom stereocenters. The summed E-state index contributed by atoms with van der Waals surface area (Å²) < 4.78 is 7.14. The van der Waals surface area contributed by atoms with Crippen LogP contribution < -0.4 is 5.32 Å². The van der Waals surface area contributed by atoms with Crippen molar-refractivity contribution in [3.63, 3.8) is 0 Å². The number of carbonyl (C=O) groups excluding carboxylic acids is 2. The third-order valence-corrected chi connectivity index (χ3v) is 4.99. The number of hydrogen-bond acceptors (Lipinski definition) is 5. The number of likely N-dealkylation sites (tertiary alicyclic amines) is 1. The number of pyridine rings is 1. The number of fused-ring (bicyclic) bond motifs is 1. The van der Waals surface area contributed by atoms with Gasteiger partial charge in [0.15, 0.2) is 5.65 Å². The Morgan fingerprint density at radius 3 is 2.79 bits per heavy atom. The second-order valence-electron chi connectivity index (χ2n) is 7.05. The van der Waals surface area contributed by atoms with E-state index in [0.29, 0.717) is 32.5 Å². The van der Waals surface area contributed by atoms with Crippen molar-refractivity contribution in [2.45, 2.75) is 58.5 Å². The Morgan fingerprint density at radius 1 is 1.29 bits per heavy atom. The lowest BCUT2D eigenvalue weighted by molar-refractivity contribution is -0.122. The van der Waals surface area contributed by atoms with Crippen LogP contribution in [0.15, 0.2) is 18.3 Å². The van der Waals surface area contributed by atoms with E-state index in [4.69, 9.17) is 4.74 Å². The number of imidazole rings is 1. The van der Waals surface area contributed by atoms with Crippen molar-refractivity contribution in [3.8, 4) is 0 Å². The summed E-state index contributed by atoms with van der Waals surface area (Å²) in [5, 5.41) is 3.10. The van der Waals surface area contributed by atoms with E-state index in [9.17, 15) is 9.59 Å². The van der Waals surface area contributed by atoms with E-state index in [0.717, 1.165) is 42.8 Å². The highest BCUT2D eigenvalue weighted by Crippen LogP contribution is 2.16. The molecule has 2 aromatic heterocycles. The van der Waals surface area contributed by atoms with Crippen molar-refractivity contribution in [2.75, 3.05) is 19.7 Å². The minimum absolute atomic E-state index is 0.0256. The van der Waals surface area contributed by atoms with E-state index in [2.05, 4.69) is 26.8 Å². The molecule has 0 saturated carbocycles. The number of hydrogen-bond donors (Lipinski definition) is 1. The molecular formula is C20H29N5O3. The van der Waals surface area contributed by atoms with E-state index >= 15 is 0 Å². The molecule has 0 aliphatic carbocycles. The zero-order chi connectivity index (χ0) is 19.9. The van der Waals surface area contributed by atoms with Gasteiger partial charge in [-0.15, -0.1) is 0 Å². The predicted molar refractivity (Wildman–Crippen MR) is 106 cm³/mol. The van der Waals surface area contributed by atoms with Gasteiger partial charge in [0.2, 0.25) is 5.91 Å². The van der Waals surface area contributed by atoms with Crippen LogP contribution in [0.1, 0.15) is 45.4 Å². The quantitative estimate of drug-likeness (QED) is 0.788. The van der Waals surface area contributed by atoms with E-state index in [1.165, 1.54) is 0 Å². The summed E-state index contributed by atoms with van der Waals surface area (Å²) in [7, 11) is 0. The van der Waals surface area contributed by atoms with Crippen LogP contribution in [0.2, 0.25) is 0 Å². The minimum Gasteiger partial charge on any atom is -0.450 e. The first-order chi connectivity index (χ1) is 13.6. The van der Waals surface area contributed by atoms with Crippen molar-refractivity contribution in [3.05, 3.63) is 24.2 Å². The Balaban J connectivity index is 1.51. The van der Waals surface area contributed by atoms with Crippen LogP contribution in [-0.2, 0) is 22.5 Å². The summed E-state index contributed by atoms with van der Waals surface area (Å²) in [4.78, 5) is 35.0. The average Bonchev–Trinajstić information content (AvgIpc) is 3.05. The number of aryl methyl sites for hydroxylation is 2. The minimum atomic E-state index is -0.268. The third-order valence-electron chi connectivity index (χ3n) is 4.99. The summed E-state index contributed by atoms with van der Waals surface area (Å²) in [5.41, 5.74) is 1.75. The lowest BCUT2D eigenvalue weighted by Crippen LogP contribution is -2.46. The second kappa shape index (κ2) is 9.52. The maximum Gasteiger partial charge on any atom is 0.409 e. The molecule has 152 valence electrons. The van der Waals surface area contributed by atoms with Crippen LogP contribution in [0.25, 0.3) is 11.2 Å². The van der Waals surface area contributed by atoms with Crippen molar-refractivity contribution in [1.29, 1.82) is 0 Å². The maximum atomic E-state index is 12.4. The molecule has 2 aromatic rings.